The van der Waals surface area contributed by atoms with E-state index in [0.717, 1.165) is 5.56 Å². The Hall–Kier alpha value is -2.80. The van der Waals surface area contributed by atoms with Gasteiger partial charge in [-0.15, -0.1) is 0 Å². The monoisotopic (exact) mass is 393 g/mol. The van der Waals surface area contributed by atoms with Gasteiger partial charge in [-0.3, -0.25) is 9.59 Å². The van der Waals surface area contributed by atoms with Gasteiger partial charge in [0.25, 0.3) is 5.91 Å². The molecule has 0 unspecified atom stereocenters. The molecule has 3 rings (SSSR count). The predicted octanol–water partition coefficient (Wildman–Crippen LogP) is 3.17. The van der Waals surface area contributed by atoms with Gasteiger partial charge in [-0.05, 0) is 36.8 Å². The Morgan fingerprint density at radius 1 is 1.26 bits per heavy atom. The summed E-state index contributed by atoms with van der Waals surface area (Å²) < 4.78 is 29.1. The third-order valence-electron chi connectivity index (χ3n) is 4.02. The molecule has 0 radical (unpaired) electrons. The van der Waals surface area contributed by atoms with Crippen molar-refractivity contribution in [2.75, 3.05) is 13.4 Å². The predicted molar refractivity (Wildman–Crippen MR) is 95.2 cm³/mol. The maximum absolute atomic E-state index is 13.7. The van der Waals surface area contributed by atoms with E-state index in [1.165, 1.54) is 18.2 Å². The van der Waals surface area contributed by atoms with Gasteiger partial charge in [-0.2, -0.15) is 0 Å². The number of amides is 1. The van der Waals surface area contributed by atoms with Crippen LogP contribution in [-0.4, -0.2) is 25.3 Å². The third-order valence-corrected chi connectivity index (χ3v) is 4.38. The Morgan fingerprint density at radius 3 is 2.81 bits per heavy atom. The van der Waals surface area contributed by atoms with Crippen LogP contribution in [0.4, 0.5) is 4.39 Å². The number of ether oxygens (including phenoxy) is 3. The van der Waals surface area contributed by atoms with Crippen LogP contribution < -0.4 is 14.8 Å². The summed E-state index contributed by atoms with van der Waals surface area (Å²) in [6, 6.07) is 9.15. The second-order valence-electron chi connectivity index (χ2n) is 5.94. The van der Waals surface area contributed by atoms with Crippen LogP contribution in [0.15, 0.2) is 36.4 Å². The average molecular weight is 394 g/mol. The summed E-state index contributed by atoms with van der Waals surface area (Å²) in [6.07, 6.45) is -0.351. The fraction of sp³-hybridized carbons (Fsp3) is 0.263. The molecule has 0 fully saturated rings. The number of nitrogens with one attached hydrogen (secondary N) is 1. The SMILES string of the molecule is C[C@H](NC(=O)COC(=O)Cc1c(F)cccc1Cl)c1ccc2c(c1)OCO2. The van der Waals surface area contributed by atoms with E-state index in [1.807, 2.05) is 6.07 Å². The number of carbonyl (C=O) groups is 2. The van der Waals surface area contributed by atoms with Gasteiger partial charge in [0.05, 0.1) is 12.5 Å². The number of carbonyl (C=O) groups excluding carboxylic acids is 2. The molecule has 0 aromatic heterocycles. The summed E-state index contributed by atoms with van der Waals surface area (Å²) in [6.45, 7) is 1.48. The lowest BCUT2D eigenvalue weighted by Crippen LogP contribution is -2.31. The summed E-state index contributed by atoms with van der Waals surface area (Å²) in [5, 5.41) is 2.85. The first-order valence-electron chi connectivity index (χ1n) is 8.21. The molecule has 1 N–H and O–H groups in total. The molecule has 0 aliphatic carbocycles. The smallest absolute Gasteiger partial charge is 0.310 e. The van der Waals surface area contributed by atoms with E-state index in [9.17, 15) is 14.0 Å². The topological polar surface area (TPSA) is 73.9 Å². The van der Waals surface area contributed by atoms with Gasteiger partial charge in [0.1, 0.15) is 5.82 Å². The molecule has 0 bridgehead atoms. The van der Waals surface area contributed by atoms with Gasteiger partial charge in [0.2, 0.25) is 6.79 Å². The average Bonchev–Trinajstić information content (AvgIpc) is 3.11. The highest BCUT2D eigenvalue weighted by Crippen LogP contribution is 2.34. The quantitative estimate of drug-likeness (QED) is 0.763. The van der Waals surface area contributed by atoms with Crippen LogP contribution in [0.3, 0.4) is 0 Å². The van der Waals surface area contributed by atoms with Crippen molar-refractivity contribution in [2.24, 2.45) is 0 Å². The highest BCUT2D eigenvalue weighted by atomic mass is 35.5. The maximum atomic E-state index is 13.7. The molecule has 1 aliphatic heterocycles. The fourth-order valence-electron chi connectivity index (χ4n) is 2.59. The number of hydrogen-bond acceptors (Lipinski definition) is 5. The Bertz CT molecular complexity index is 853. The first-order valence-corrected chi connectivity index (χ1v) is 8.59. The van der Waals surface area contributed by atoms with E-state index in [4.69, 9.17) is 25.8 Å². The molecule has 0 saturated carbocycles. The first-order chi connectivity index (χ1) is 12.9. The molecular weight excluding hydrogens is 377 g/mol. The molecule has 1 atom stereocenters. The Labute approximate surface area is 160 Å². The number of hydrogen-bond donors (Lipinski definition) is 1. The van der Waals surface area contributed by atoms with Crippen molar-refractivity contribution < 1.29 is 28.2 Å². The third kappa shape index (κ3) is 4.68. The number of esters is 1. The Balaban J connectivity index is 1.50. The van der Waals surface area contributed by atoms with Gasteiger partial charge in [0.15, 0.2) is 18.1 Å². The van der Waals surface area contributed by atoms with Gasteiger partial charge in [-0.1, -0.05) is 23.7 Å². The van der Waals surface area contributed by atoms with Crippen LogP contribution >= 0.6 is 11.6 Å². The normalized spacial score (nSPS) is 13.1. The number of rotatable bonds is 6. The van der Waals surface area contributed by atoms with E-state index in [1.54, 1.807) is 19.1 Å². The fourth-order valence-corrected chi connectivity index (χ4v) is 2.82. The molecule has 6 nitrogen and oxygen atoms in total. The second-order valence-corrected chi connectivity index (χ2v) is 6.35. The van der Waals surface area contributed by atoms with Crippen LogP contribution in [0.2, 0.25) is 5.02 Å². The summed E-state index contributed by atoms with van der Waals surface area (Å²) in [5.74, 6) is -0.554. The zero-order chi connectivity index (χ0) is 19.4. The molecule has 142 valence electrons. The van der Waals surface area contributed by atoms with E-state index < -0.39 is 24.3 Å². The minimum atomic E-state index is -0.743. The lowest BCUT2D eigenvalue weighted by Gasteiger charge is -2.15. The van der Waals surface area contributed by atoms with Crippen LogP contribution in [-0.2, 0) is 20.7 Å². The van der Waals surface area contributed by atoms with Gasteiger partial charge >= 0.3 is 5.97 Å². The summed E-state index contributed by atoms with van der Waals surface area (Å²) in [5.41, 5.74) is 0.857. The summed E-state index contributed by atoms with van der Waals surface area (Å²) in [7, 11) is 0. The van der Waals surface area contributed by atoms with Crippen molar-refractivity contribution in [1.82, 2.24) is 5.32 Å². The van der Waals surface area contributed by atoms with Crippen LogP contribution in [0.25, 0.3) is 0 Å². The standard InChI is InChI=1S/C19H17ClFNO5/c1-11(12-5-6-16-17(7-12)27-10-26-16)22-18(23)9-25-19(24)8-13-14(20)3-2-4-15(13)21/h2-7,11H,8-10H2,1H3,(H,22,23)/t11-/m0/s1. The lowest BCUT2D eigenvalue weighted by molar-refractivity contribution is -0.148. The molecule has 1 aliphatic rings. The van der Waals surface area contributed by atoms with Gasteiger partial charge < -0.3 is 19.5 Å². The lowest BCUT2D eigenvalue weighted by atomic mass is 10.1. The van der Waals surface area contributed by atoms with Gasteiger partial charge in [0, 0.05) is 10.6 Å². The minimum absolute atomic E-state index is 0.0401. The number of fused-ring (bicyclic) bond motifs is 1. The van der Waals surface area contributed by atoms with Crippen LogP contribution in [0, 0.1) is 5.82 Å². The molecule has 8 heteroatoms. The summed E-state index contributed by atoms with van der Waals surface area (Å²) >= 11 is 5.87. The van der Waals surface area contributed by atoms with E-state index in [0.29, 0.717) is 11.5 Å². The molecule has 2 aromatic rings. The largest absolute Gasteiger partial charge is 0.455 e. The molecule has 27 heavy (non-hydrogen) atoms. The van der Waals surface area contributed by atoms with Crippen molar-refractivity contribution >= 4 is 23.5 Å². The number of halogens is 2. The second kappa shape index (κ2) is 8.26. The molecule has 2 aromatic carbocycles. The zero-order valence-corrected chi connectivity index (χ0v) is 15.2. The Kier molecular flexibility index (Phi) is 5.81. The first kappa shape index (κ1) is 19.0. The maximum Gasteiger partial charge on any atom is 0.310 e. The van der Waals surface area contributed by atoms with Crippen molar-refractivity contribution in [3.05, 3.63) is 58.4 Å². The molecule has 1 heterocycles. The molecule has 1 amide bonds. The van der Waals surface area contributed by atoms with E-state index in [-0.39, 0.29) is 29.8 Å². The number of benzene rings is 2. The molecular formula is C19H17ClFNO5. The Morgan fingerprint density at radius 2 is 2.04 bits per heavy atom. The highest BCUT2D eigenvalue weighted by molar-refractivity contribution is 6.31. The van der Waals surface area contributed by atoms with E-state index in [2.05, 4.69) is 5.32 Å². The molecule has 0 spiro atoms. The zero-order valence-electron chi connectivity index (χ0n) is 14.5. The van der Waals surface area contributed by atoms with E-state index >= 15 is 0 Å². The summed E-state index contributed by atoms with van der Waals surface area (Å²) in [4.78, 5) is 23.9. The van der Waals surface area contributed by atoms with Crippen LogP contribution in [0.5, 0.6) is 11.5 Å². The van der Waals surface area contributed by atoms with Crippen molar-refractivity contribution in [3.63, 3.8) is 0 Å². The van der Waals surface area contributed by atoms with Crippen molar-refractivity contribution in [3.8, 4) is 11.5 Å². The van der Waals surface area contributed by atoms with Crippen molar-refractivity contribution in [2.45, 2.75) is 19.4 Å². The van der Waals surface area contributed by atoms with Crippen LogP contribution in [0.1, 0.15) is 24.1 Å². The highest BCUT2D eigenvalue weighted by Gasteiger charge is 2.18. The molecule has 0 saturated heterocycles. The van der Waals surface area contributed by atoms with Crippen molar-refractivity contribution in [1.29, 1.82) is 0 Å². The van der Waals surface area contributed by atoms with Gasteiger partial charge in [-0.25, -0.2) is 4.39 Å². The minimum Gasteiger partial charge on any atom is -0.455 e.